The lowest BCUT2D eigenvalue weighted by molar-refractivity contribution is 0.00665. The first kappa shape index (κ1) is 21.6. The Morgan fingerprint density at radius 2 is 1.97 bits per heavy atom. The average Bonchev–Trinajstić information content (AvgIpc) is 3.26. The summed E-state index contributed by atoms with van der Waals surface area (Å²) >= 11 is 0. The van der Waals surface area contributed by atoms with Crippen LogP contribution in [-0.2, 0) is 4.74 Å². The monoisotopic (exact) mass is 451 g/mol. The molecule has 0 aromatic carbocycles. The number of methoxy groups -OCH3 is 1. The minimum absolute atomic E-state index is 0.139. The maximum absolute atomic E-state index is 13.3. The minimum Gasteiger partial charge on any atom is -0.481 e. The quantitative estimate of drug-likeness (QED) is 0.602. The topological polar surface area (TPSA) is 120 Å². The van der Waals surface area contributed by atoms with E-state index in [9.17, 15) is 4.79 Å². The van der Waals surface area contributed by atoms with Gasteiger partial charge in [0.05, 0.1) is 31.6 Å². The molecule has 174 valence electrons. The van der Waals surface area contributed by atoms with Crippen LogP contribution in [0.1, 0.15) is 36.0 Å². The Morgan fingerprint density at radius 1 is 1.18 bits per heavy atom. The third kappa shape index (κ3) is 4.36. The van der Waals surface area contributed by atoms with E-state index in [0.29, 0.717) is 23.0 Å². The molecular weight excluding hydrogens is 422 g/mol. The van der Waals surface area contributed by atoms with Crippen LogP contribution in [0.5, 0.6) is 5.88 Å². The first-order valence-corrected chi connectivity index (χ1v) is 11.4. The van der Waals surface area contributed by atoms with E-state index in [1.165, 1.54) is 6.33 Å². The van der Waals surface area contributed by atoms with Gasteiger partial charge in [-0.3, -0.25) is 9.69 Å². The van der Waals surface area contributed by atoms with E-state index in [1.54, 1.807) is 23.9 Å². The summed E-state index contributed by atoms with van der Waals surface area (Å²) in [6, 6.07) is 6.17. The Balaban J connectivity index is 1.35. The van der Waals surface area contributed by atoms with Crippen molar-refractivity contribution in [2.24, 2.45) is 0 Å². The van der Waals surface area contributed by atoms with Crippen LogP contribution in [0.4, 0.5) is 5.82 Å². The second-order valence-electron chi connectivity index (χ2n) is 8.56. The molecule has 4 heterocycles. The number of anilines is 1. The predicted molar refractivity (Wildman–Crippen MR) is 123 cm³/mol. The van der Waals surface area contributed by atoms with Crippen LogP contribution in [-0.4, -0.2) is 75.9 Å². The van der Waals surface area contributed by atoms with E-state index in [2.05, 4.69) is 25.3 Å². The summed E-state index contributed by atoms with van der Waals surface area (Å²) in [7, 11) is 1.56. The number of nitrogens with one attached hydrogen (secondary N) is 1. The molecule has 0 bridgehead atoms. The number of nitrogens with zero attached hydrogens (tertiary/aromatic N) is 5. The van der Waals surface area contributed by atoms with E-state index >= 15 is 0 Å². The third-order valence-electron chi connectivity index (χ3n) is 6.66. The fraction of sp³-hybridized carbons (Fsp3) is 0.478. The zero-order valence-electron chi connectivity index (χ0n) is 18.7. The molecule has 1 aliphatic carbocycles. The molecule has 0 spiro atoms. The Kier molecular flexibility index (Phi) is 6.10. The maximum Gasteiger partial charge on any atom is 0.253 e. The van der Waals surface area contributed by atoms with Gasteiger partial charge in [-0.15, -0.1) is 0 Å². The minimum atomic E-state index is -0.156. The molecule has 10 heteroatoms. The number of aromatic nitrogens is 4. The summed E-state index contributed by atoms with van der Waals surface area (Å²) in [6.07, 6.45) is 7.12. The molecule has 1 saturated carbocycles. The number of fused-ring (bicyclic) bond motifs is 1. The molecule has 0 unspecified atom stereocenters. The number of nitrogen functional groups attached to an aromatic ring is 1. The van der Waals surface area contributed by atoms with Gasteiger partial charge in [0.2, 0.25) is 5.88 Å². The summed E-state index contributed by atoms with van der Waals surface area (Å²) in [5.41, 5.74) is 8.68. The Bertz CT molecular complexity index is 1130. The molecule has 1 aliphatic heterocycles. The van der Waals surface area contributed by atoms with Gasteiger partial charge in [0, 0.05) is 43.0 Å². The van der Waals surface area contributed by atoms with Crippen molar-refractivity contribution < 1.29 is 14.3 Å². The van der Waals surface area contributed by atoms with Crippen molar-refractivity contribution in [1.29, 1.82) is 0 Å². The number of morpholine rings is 1. The lowest BCUT2D eigenvalue weighted by Gasteiger charge is -2.38. The SMILES string of the molecule is COc1cc(-c2cc(C(=O)NC3CCC(N4CCOCC4)CC3)c3c(N)ncnn23)ccn1. The summed E-state index contributed by atoms with van der Waals surface area (Å²) in [4.78, 5) is 24.1. The number of rotatable bonds is 5. The molecule has 0 atom stereocenters. The van der Waals surface area contributed by atoms with Crippen LogP contribution in [0.15, 0.2) is 30.7 Å². The Hall–Kier alpha value is -3.24. The van der Waals surface area contributed by atoms with Gasteiger partial charge in [-0.05, 0) is 37.8 Å². The smallest absolute Gasteiger partial charge is 0.253 e. The van der Waals surface area contributed by atoms with Crippen LogP contribution in [0.25, 0.3) is 16.8 Å². The highest BCUT2D eigenvalue weighted by Gasteiger charge is 2.29. The number of amides is 1. The van der Waals surface area contributed by atoms with E-state index in [0.717, 1.165) is 63.2 Å². The number of carbonyl (C=O) groups excluding carboxylic acids is 1. The molecule has 2 aliphatic rings. The number of carbonyl (C=O) groups is 1. The van der Waals surface area contributed by atoms with E-state index in [1.807, 2.05) is 12.1 Å². The molecule has 0 radical (unpaired) electrons. The van der Waals surface area contributed by atoms with Crippen LogP contribution in [0.2, 0.25) is 0 Å². The van der Waals surface area contributed by atoms with Crippen molar-refractivity contribution >= 4 is 17.2 Å². The van der Waals surface area contributed by atoms with Crippen molar-refractivity contribution in [1.82, 2.24) is 29.8 Å². The van der Waals surface area contributed by atoms with Crippen molar-refractivity contribution in [2.45, 2.75) is 37.8 Å². The molecule has 10 nitrogen and oxygen atoms in total. The molecule has 33 heavy (non-hydrogen) atoms. The standard InChI is InChI=1S/C23H29N7O3/c1-32-20-12-15(6-7-25-20)19-13-18(21-22(24)26-14-27-30(19)21)23(31)28-16-2-4-17(5-3-16)29-8-10-33-11-9-29/h6-7,12-14,16-17H,2-5,8-11H2,1H3,(H,28,31)(H2,24,26,27). The largest absolute Gasteiger partial charge is 0.481 e. The van der Waals surface area contributed by atoms with Crippen LogP contribution in [0.3, 0.4) is 0 Å². The molecule has 2 fully saturated rings. The zero-order valence-corrected chi connectivity index (χ0v) is 18.7. The number of nitrogens with two attached hydrogens (primary N) is 1. The fourth-order valence-electron chi connectivity index (χ4n) is 4.92. The number of hydrogen-bond acceptors (Lipinski definition) is 8. The normalized spacial score (nSPS) is 21.7. The molecule has 1 saturated heterocycles. The van der Waals surface area contributed by atoms with Crippen molar-refractivity contribution in [3.8, 4) is 17.1 Å². The summed E-state index contributed by atoms with van der Waals surface area (Å²) in [6.45, 7) is 3.63. The summed E-state index contributed by atoms with van der Waals surface area (Å²) in [5, 5.41) is 7.58. The zero-order chi connectivity index (χ0) is 22.8. The summed E-state index contributed by atoms with van der Waals surface area (Å²) < 4.78 is 12.4. The number of pyridine rings is 1. The van der Waals surface area contributed by atoms with Gasteiger partial charge >= 0.3 is 0 Å². The summed E-state index contributed by atoms with van der Waals surface area (Å²) in [5.74, 6) is 0.585. The van der Waals surface area contributed by atoms with E-state index in [4.69, 9.17) is 15.2 Å². The highest BCUT2D eigenvalue weighted by molar-refractivity contribution is 6.05. The van der Waals surface area contributed by atoms with Gasteiger partial charge in [0.25, 0.3) is 5.91 Å². The van der Waals surface area contributed by atoms with Crippen LogP contribution < -0.4 is 15.8 Å². The molecule has 5 rings (SSSR count). The van der Waals surface area contributed by atoms with Gasteiger partial charge in [-0.2, -0.15) is 5.10 Å². The van der Waals surface area contributed by atoms with Gasteiger partial charge < -0.3 is 20.5 Å². The number of hydrogen-bond donors (Lipinski definition) is 2. The van der Waals surface area contributed by atoms with Crippen LogP contribution in [0, 0.1) is 0 Å². The molecule has 3 N–H and O–H groups in total. The first-order chi connectivity index (χ1) is 16.1. The highest BCUT2D eigenvalue weighted by Crippen LogP contribution is 2.30. The molecular formula is C23H29N7O3. The van der Waals surface area contributed by atoms with E-state index in [-0.39, 0.29) is 17.8 Å². The molecule has 3 aromatic rings. The average molecular weight is 452 g/mol. The predicted octanol–water partition coefficient (Wildman–Crippen LogP) is 1.76. The second-order valence-corrected chi connectivity index (χ2v) is 8.56. The molecule has 1 amide bonds. The Labute approximate surface area is 192 Å². The van der Waals surface area contributed by atoms with Crippen LogP contribution >= 0.6 is 0 Å². The van der Waals surface area contributed by atoms with E-state index < -0.39 is 0 Å². The fourth-order valence-corrected chi connectivity index (χ4v) is 4.92. The van der Waals surface area contributed by atoms with Gasteiger partial charge in [0.1, 0.15) is 11.8 Å². The molecule has 3 aromatic heterocycles. The number of ether oxygens (including phenoxy) is 2. The lowest BCUT2D eigenvalue weighted by Crippen LogP contribution is -2.47. The third-order valence-corrected chi connectivity index (χ3v) is 6.66. The first-order valence-electron chi connectivity index (χ1n) is 11.4. The highest BCUT2D eigenvalue weighted by atomic mass is 16.5. The maximum atomic E-state index is 13.3. The van der Waals surface area contributed by atoms with Gasteiger partial charge in [-0.25, -0.2) is 14.5 Å². The lowest BCUT2D eigenvalue weighted by atomic mass is 9.89. The van der Waals surface area contributed by atoms with Crippen molar-refractivity contribution in [3.63, 3.8) is 0 Å². The van der Waals surface area contributed by atoms with Gasteiger partial charge in [-0.1, -0.05) is 0 Å². The van der Waals surface area contributed by atoms with Crippen molar-refractivity contribution in [3.05, 3.63) is 36.3 Å². The Morgan fingerprint density at radius 3 is 2.73 bits per heavy atom. The van der Waals surface area contributed by atoms with Gasteiger partial charge in [0.15, 0.2) is 5.82 Å². The second kappa shape index (κ2) is 9.32. The van der Waals surface area contributed by atoms with Crippen molar-refractivity contribution in [2.75, 3.05) is 39.1 Å².